The molecule has 0 aromatic heterocycles. The van der Waals surface area contributed by atoms with Crippen molar-refractivity contribution < 1.29 is 38.5 Å². The second-order valence-corrected chi connectivity index (χ2v) is 8.87. The first-order chi connectivity index (χ1) is 2.65. The molecule has 0 rings (SSSR count). The third-order valence-corrected chi connectivity index (χ3v) is 0. The van der Waals surface area contributed by atoms with Crippen molar-refractivity contribution in [2.24, 2.45) is 0 Å². The van der Waals surface area contributed by atoms with Gasteiger partial charge in [0.05, 0.1) is 0 Å². The summed E-state index contributed by atoms with van der Waals surface area (Å²) in [5, 5.41) is 0. The van der Waals surface area contributed by atoms with Crippen LogP contribution in [0.15, 0.2) is 0 Å². The molecular weight excluding hydrogens is 224 g/mol. The van der Waals surface area contributed by atoms with Crippen molar-refractivity contribution >= 4 is 0 Å². The summed E-state index contributed by atoms with van der Waals surface area (Å²) in [5.74, 6) is 0. The summed E-state index contributed by atoms with van der Waals surface area (Å²) in [6.45, 7) is 0. The number of hydrogen-bond donors (Lipinski definition) is 0. The van der Waals surface area contributed by atoms with E-state index in [0.29, 0.717) is 0 Å². The average Bonchev–Trinajstić information content (AvgIpc) is 0.544. The van der Waals surface area contributed by atoms with Gasteiger partial charge in [-0.25, -0.2) is 0 Å². The third kappa shape index (κ3) is 1200. The second-order valence-electron chi connectivity index (χ2n) is 1.50. The number of halogens is 7. The predicted octanol–water partition coefficient (Wildman–Crippen LogP) is 2.94. The van der Waals surface area contributed by atoms with Crippen LogP contribution in [0, 0.1) is 0 Å². The Morgan fingerprint density at radius 2 is 0.500 bits per heavy atom. The number of hydrogen-bond acceptors (Lipinski definition) is 0. The Morgan fingerprint density at radius 3 is 0.500 bits per heavy atom. The Labute approximate surface area is 39.0 Å². The maximum absolute atomic E-state index is 13.4. The zero-order valence-corrected chi connectivity index (χ0v) is 5.60. The monoisotopic (exact) mass is 223 g/mol. The first-order valence-corrected chi connectivity index (χ1v) is 7.83. The van der Waals surface area contributed by atoms with E-state index in [4.69, 9.17) is 0 Å². The van der Waals surface area contributed by atoms with Crippen molar-refractivity contribution in [1.82, 2.24) is 0 Å². The molecule has 0 nitrogen and oxygen atoms in total. The normalized spacial score (nSPS) is 27.1. The average molecular weight is 224 g/mol. The summed E-state index contributed by atoms with van der Waals surface area (Å²) in [5.41, 5.74) is 0. The molecule has 8 heavy (non-hydrogen) atoms. The van der Waals surface area contributed by atoms with E-state index in [1.807, 2.05) is 0 Å². The fourth-order valence-corrected chi connectivity index (χ4v) is 0. The SMILES string of the molecule is [F][Zr-3]([F])([F])([F])([F])([F])[F]. The van der Waals surface area contributed by atoms with Crippen LogP contribution in [0.25, 0.3) is 0 Å². The Bertz CT molecular complexity index is 96.6. The molecule has 0 aliphatic heterocycles. The topological polar surface area (TPSA) is 0 Å². The van der Waals surface area contributed by atoms with Crippen molar-refractivity contribution in [2.75, 3.05) is 0 Å². The van der Waals surface area contributed by atoms with Crippen LogP contribution in [0.3, 0.4) is 0 Å². The molecule has 0 amide bonds. The van der Waals surface area contributed by atoms with E-state index in [1.54, 1.807) is 0 Å². The number of rotatable bonds is 0. The van der Waals surface area contributed by atoms with Gasteiger partial charge in [0.25, 0.3) is 0 Å². The van der Waals surface area contributed by atoms with Crippen molar-refractivity contribution in [1.29, 1.82) is 0 Å². The van der Waals surface area contributed by atoms with Crippen molar-refractivity contribution in [3.05, 3.63) is 0 Å². The maximum atomic E-state index is 9.94. The first kappa shape index (κ1) is 8.39. The van der Waals surface area contributed by atoms with Crippen LogP contribution in [-0.2, 0) is 20.1 Å². The molecule has 0 saturated carbocycles. The van der Waals surface area contributed by atoms with Gasteiger partial charge in [-0.1, -0.05) is 0 Å². The molecule has 0 fully saturated rings. The van der Waals surface area contributed by atoms with Crippen LogP contribution in [0.2, 0.25) is 0 Å². The molecule has 0 radical (unpaired) electrons. The summed E-state index contributed by atoms with van der Waals surface area (Å²) < 4.78 is 69.6. The zero-order chi connectivity index (χ0) is 7.38. The third-order valence-electron chi connectivity index (χ3n) is 0. The molecule has 0 N–H and O–H groups in total. The van der Waals surface area contributed by atoms with Gasteiger partial charge in [0.15, 0.2) is 0 Å². The summed E-state index contributed by atoms with van der Waals surface area (Å²) in [7, 11) is 0. The molecule has 0 saturated heterocycles. The van der Waals surface area contributed by atoms with Crippen molar-refractivity contribution in [3.8, 4) is 0 Å². The molecule has 0 aromatic rings. The zero-order valence-electron chi connectivity index (χ0n) is 3.15. The predicted molar refractivity (Wildman–Crippen MR) is 7.76 cm³/mol. The van der Waals surface area contributed by atoms with Crippen LogP contribution < -0.4 is 0 Å². The van der Waals surface area contributed by atoms with Crippen molar-refractivity contribution in [3.63, 3.8) is 0 Å². The summed E-state index contributed by atoms with van der Waals surface area (Å²) in [6.07, 6.45) is 0. The van der Waals surface area contributed by atoms with Gasteiger partial charge < -0.3 is 0 Å². The molecule has 0 spiro atoms. The van der Waals surface area contributed by atoms with Crippen molar-refractivity contribution in [2.45, 2.75) is 0 Å². The standard InChI is InChI=1S/7FH.Zr/h7*1H;/q;;;;;;;+4/p-7. The van der Waals surface area contributed by atoms with E-state index in [1.165, 1.54) is 0 Å². The Morgan fingerprint density at radius 1 is 0.500 bits per heavy atom. The van der Waals surface area contributed by atoms with E-state index in [9.17, 15) is 18.4 Å². The summed E-state index contributed by atoms with van der Waals surface area (Å²) in [4.78, 5) is 0. The molecule has 0 bridgehead atoms. The van der Waals surface area contributed by atoms with Gasteiger partial charge in [0.1, 0.15) is 0 Å². The minimum absolute atomic E-state index is 9.94. The molecular formula is F7Zr-3. The van der Waals surface area contributed by atoms with Crippen LogP contribution in [0.4, 0.5) is 18.4 Å². The van der Waals surface area contributed by atoms with Gasteiger partial charge in [-0.3, -0.25) is 0 Å². The van der Waals surface area contributed by atoms with E-state index < -0.39 is 20.1 Å². The van der Waals surface area contributed by atoms with E-state index >= 15 is 0 Å². The second kappa shape index (κ2) is 0.660. The molecule has 56 valence electrons. The van der Waals surface area contributed by atoms with Crippen LogP contribution >= 0.6 is 0 Å². The van der Waals surface area contributed by atoms with E-state index in [-0.39, 0.29) is 0 Å². The van der Waals surface area contributed by atoms with E-state index in [0.717, 1.165) is 0 Å². The Kier molecular flexibility index (Phi) is 0.693. The summed E-state index contributed by atoms with van der Waals surface area (Å²) >= 11 is -13.4. The minimum atomic E-state index is -13.4. The van der Waals surface area contributed by atoms with Crippen LogP contribution in [-0.4, -0.2) is 0 Å². The molecule has 0 aromatic carbocycles. The van der Waals surface area contributed by atoms with Gasteiger partial charge in [-0.2, -0.15) is 0 Å². The van der Waals surface area contributed by atoms with Crippen LogP contribution in [0.5, 0.6) is 0 Å². The van der Waals surface area contributed by atoms with Crippen LogP contribution in [0.1, 0.15) is 0 Å². The van der Waals surface area contributed by atoms with Gasteiger partial charge in [0, 0.05) is 0 Å². The molecule has 8 heteroatoms. The Balaban J connectivity index is 5.14. The van der Waals surface area contributed by atoms with E-state index in [2.05, 4.69) is 0 Å². The molecule has 0 atom stereocenters. The van der Waals surface area contributed by atoms with Gasteiger partial charge in [-0.15, -0.1) is 0 Å². The summed E-state index contributed by atoms with van der Waals surface area (Å²) in [6, 6.07) is 0. The molecule has 0 unspecified atom stereocenters. The first-order valence-electron chi connectivity index (χ1n) is 1.32. The Hall–Kier alpha value is 0.393. The fraction of sp³-hybridized carbons (Fsp3) is 0. The molecule has 0 heterocycles. The van der Waals surface area contributed by atoms with Gasteiger partial charge in [-0.05, 0) is 0 Å². The molecule has 0 aliphatic rings. The van der Waals surface area contributed by atoms with Gasteiger partial charge in [0.2, 0.25) is 0 Å². The molecule has 0 aliphatic carbocycles. The quantitative estimate of drug-likeness (QED) is 0.555. The van der Waals surface area contributed by atoms with Gasteiger partial charge >= 0.3 is 38.5 Å². The fourth-order valence-electron chi connectivity index (χ4n) is 0.